The van der Waals surface area contributed by atoms with E-state index in [0.717, 1.165) is 10.3 Å². The van der Waals surface area contributed by atoms with Gasteiger partial charge in [-0.05, 0) is 41.3 Å². The number of nitrogens with one attached hydrogen (secondary N) is 3. The van der Waals surface area contributed by atoms with Crippen molar-refractivity contribution in [3.05, 3.63) is 48.0 Å². The summed E-state index contributed by atoms with van der Waals surface area (Å²) >= 11 is 1.27. The van der Waals surface area contributed by atoms with E-state index < -0.39 is 10.0 Å². The van der Waals surface area contributed by atoms with Crippen LogP contribution in [0.3, 0.4) is 0 Å². The Morgan fingerprint density at radius 2 is 1.72 bits per heavy atom. The van der Waals surface area contributed by atoms with E-state index in [1.54, 1.807) is 42.5 Å². The van der Waals surface area contributed by atoms with Gasteiger partial charge in [-0.1, -0.05) is 44.2 Å². The summed E-state index contributed by atoms with van der Waals surface area (Å²) in [5.74, 6) is -0.521. The summed E-state index contributed by atoms with van der Waals surface area (Å²) in [7, 11) is -3.70. The van der Waals surface area contributed by atoms with Crippen LogP contribution in [0.25, 0.3) is 10.2 Å². The molecule has 0 aliphatic heterocycles. The molecule has 1 aromatic heterocycles. The predicted octanol–water partition coefficient (Wildman–Crippen LogP) is 3.86. The average molecular weight is 475 g/mol. The number of rotatable bonds is 7. The Bertz CT molecular complexity index is 1240. The van der Waals surface area contributed by atoms with Crippen LogP contribution in [0.4, 0.5) is 10.8 Å². The van der Waals surface area contributed by atoms with Gasteiger partial charge in [-0.15, -0.1) is 0 Å². The van der Waals surface area contributed by atoms with E-state index in [-0.39, 0.29) is 35.1 Å². The summed E-state index contributed by atoms with van der Waals surface area (Å²) in [6.07, 6.45) is -0.0353. The number of carbonyl (C=O) groups excluding carboxylic acids is 2. The fourth-order valence-electron chi connectivity index (χ4n) is 2.96. The maximum Gasteiger partial charge on any atom is 0.240 e. The minimum absolute atomic E-state index is 0.0350. The molecule has 10 heteroatoms. The van der Waals surface area contributed by atoms with Crippen LogP contribution in [0.5, 0.6) is 0 Å². The fraction of sp³-hybridized carbons (Fsp3) is 0.318. The number of anilines is 2. The molecule has 0 aliphatic carbocycles. The van der Waals surface area contributed by atoms with Crippen molar-refractivity contribution in [2.24, 2.45) is 0 Å². The minimum atomic E-state index is -3.70. The quantitative estimate of drug-likeness (QED) is 0.481. The van der Waals surface area contributed by atoms with Gasteiger partial charge in [0, 0.05) is 25.6 Å². The molecule has 0 fully saturated rings. The lowest BCUT2D eigenvalue weighted by molar-refractivity contribution is -0.116. The molecule has 3 N–H and O–H groups in total. The smallest absolute Gasteiger partial charge is 0.240 e. The molecule has 0 atom stereocenters. The zero-order valence-electron chi connectivity index (χ0n) is 18.4. The SMILES string of the molecule is CC(=O)Nc1ccc2nc(NC(=O)CCNS(=O)(=O)c3ccc(C(C)(C)C)cc3)sc2c1. The molecule has 170 valence electrons. The van der Waals surface area contributed by atoms with Gasteiger partial charge in [0.2, 0.25) is 21.8 Å². The Hall–Kier alpha value is -2.82. The van der Waals surface area contributed by atoms with Crippen LogP contribution >= 0.6 is 11.3 Å². The summed E-state index contributed by atoms with van der Waals surface area (Å²) in [6, 6.07) is 12.0. The first kappa shape index (κ1) is 23.8. The molecular weight excluding hydrogens is 448 g/mol. The Labute approximate surface area is 191 Å². The number of carbonyl (C=O) groups is 2. The number of amides is 2. The number of hydrogen-bond acceptors (Lipinski definition) is 6. The number of hydrogen-bond donors (Lipinski definition) is 3. The van der Waals surface area contributed by atoms with Crippen molar-refractivity contribution in [3.63, 3.8) is 0 Å². The van der Waals surface area contributed by atoms with Gasteiger partial charge in [0.05, 0.1) is 15.1 Å². The van der Waals surface area contributed by atoms with Crippen LogP contribution in [-0.4, -0.2) is 31.8 Å². The first-order valence-electron chi connectivity index (χ1n) is 10.0. The molecule has 1 heterocycles. The van der Waals surface area contributed by atoms with Gasteiger partial charge in [0.1, 0.15) is 0 Å². The Morgan fingerprint density at radius 1 is 1.03 bits per heavy atom. The number of aromatic nitrogens is 1. The van der Waals surface area contributed by atoms with Gasteiger partial charge in [-0.3, -0.25) is 9.59 Å². The van der Waals surface area contributed by atoms with Gasteiger partial charge < -0.3 is 10.6 Å². The van der Waals surface area contributed by atoms with E-state index in [0.29, 0.717) is 16.3 Å². The Morgan fingerprint density at radius 3 is 2.34 bits per heavy atom. The summed E-state index contributed by atoms with van der Waals surface area (Å²) in [6.45, 7) is 7.56. The third kappa shape index (κ3) is 6.12. The van der Waals surface area contributed by atoms with E-state index in [1.165, 1.54) is 18.3 Å². The number of benzene rings is 2. The second kappa shape index (κ2) is 9.35. The normalized spacial score (nSPS) is 12.0. The summed E-state index contributed by atoms with van der Waals surface area (Å²) in [4.78, 5) is 27.9. The van der Waals surface area contributed by atoms with Gasteiger partial charge in [0.25, 0.3) is 0 Å². The molecule has 32 heavy (non-hydrogen) atoms. The average Bonchev–Trinajstić information content (AvgIpc) is 3.08. The number of sulfonamides is 1. The van der Waals surface area contributed by atoms with E-state index in [1.807, 2.05) is 0 Å². The lowest BCUT2D eigenvalue weighted by atomic mass is 9.87. The number of nitrogens with zero attached hydrogens (tertiary/aromatic N) is 1. The molecule has 0 spiro atoms. The number of thiazole rings is 1. The van der Waals surface area contributed by atoms with Crippen LogP contribution < -0.4 is 15.4 Å². The van der Waals surface area contributed by atoms with Crippen LogP contribution in [0.1, 0.15) is 39.7 Å². The molecule has 2 aromatic carbocycles. The maximum absolute atomic E-state index is 12.5. The molecule has 0 bridgehead atoms. The summed E-state index contributed by atoms with van der Waals surface area (Å²) in [5, 5.41) is 5.80. The first-order valence-corrected chi connectivity index (χ1v) is 12.3. The zero-order valence-corrected chi connectivity index (χ0v) is 20.0. The Kier molecular flexibility index (Phi) is 6.97. The highest BCUT2D eigenvalue weighted by Gasteiger charge is 2.18. The fourth-order valence-corrected chi connectivity index (χ4v) is 4.91. The van der Waals surface area contributed by atoms with Gasteiger partial charge >= 0.3 is 0 Å². The molecule has 0 radical (unpaired) electrons. The van der Waals surface area contributed by atoms with E-state index in [4.69, 9.17) is 0 Å². The highest BCUT2D eigenvalue weighted by Crippen LogP contribution is 2.28. The number of fused-ring (bicyclic) bond motifs is 1. The summed E-state index contributed by atoms with van der Waals surface area (Å²) in [5.41, 5.74) is 2.31. The third-order valence-electron chi connectivity index (χ3n) is 4.63. The first-order chi connectivity index (χ1) is 14.9. The van der Waals surface area contributed by atoms with Crippen molar-refractivity contribution < 1.29 is 18.0 Å². The second-order valence-electron chi connectivity index (χ2n) is 8.35. The monoisotopic (exact) mass is 474 g/mol. The molecule has 0 aliphatic rings. The van der Waals surface area contributed by atoms with E-state index in [9.17, 15) is 18.0 Å². The second-order valence-corrected chi connectivity index (χ2v) is 11.2. The van der Waals surface area contributed by atoms with Crippen LogP contribution in [0.15, 0.2) is 47.4 Å². The largest absolute Gasteiger partial charge is 0.326 e. The van der Waals surface area contributed by atoms with Crippen molar-refractivity contribution >= 4 is 54.2 Å². The molecule has 2 amide bonds. The van der Waals surface area contributed by atoms with Crippen molar-refractivity contribution in [1.29, 1.82) is 0 Å². The van der Waals surface area contributed by atoms with Crippen molar-refractivity contribution in [3.8, 4) is 0 Å². The molecule has 3 aromatic rings. The third-order valence-corrected chi connectivity index (χ3v) is 7.04. The van der Waals surface area contributed by atoms with E-state index in [2.05, 4.69) is 41.1 Å². The van der Waals surface area contributed by atoms with Gasteiger partial charge in [-0.2, -0.15) is 0 Å². The molecule has 0 saturated carbocycles. The highest BCUT2D eigenvalue weighted by molar-refractivity contribution is 7.89. The van der Waals surface area contributed by atoms with Gasteiger partial charge in [0.15, 0.2) is 5.13 Å². The molecular formula is C22H26N4O4S2. The van der Waals surface area contributed by atoms with Crippen LogP contribution in [0, 0.1) is 0 Å². The molecule has 0 saturated heterocycles. The van der Waals surface area contributed by atoms with Gasteiger partial charge in [-0.25, -0.2) is 18.1 Å². The van der Waals surface area contributed by atoms with Crippen LogP contribution in [0.2, 0.25) is 0 Å². The van der Waals surface area contributed by atoms with Crippen LogP contribution in [-0.2, 0) is 25.0 Å². The molecule has 0 unspecified atom stereocenters. The van der Waals surface area contributed by atoms with Crippen molar-refractivity contribution in [2.45, 2.75) is 44.4 Å². The molecule has 3 rings (SSSR count). The Balaban J connectivity index is 1.56. The topological polar surface area (TPSA) is 117 Å². The maximum atomic E-state index is 12.5. The van der Waals surface area contributed by atoms with E-state index >= 15 is 0 Å². The highest BCUT2D eigenvalue weighted by atomic mass is 32.2. The molecule has 8 nitrogen and oxygen atoms in total. The standard InChI is InChI=1S/C22H26N4O4S2/c1-14(27)24-16-7-10-18-19(13-16)31-21(25-18)26-20(28)11-12-23-32(29,30)17-8-5-15(6-9-17)22(2,3)4/h5-10,13,23H,11-12H2,1-4H3,(H,24,27)(H,25,26,28). The minimum Gasteiger partial charge on any atom is -0.326 e. The predicted molar refractivity (Wildman–Crippen MR) is 128 cm³/mol. The lowest BCUT2D eigenvalue weighted by Crippen LogP contribution is -2.28. The lowest BCUT2D eigenvalue weighted by Gasteiger charge is -2.19. The van der Waals surface area contributed by atoms with Crippen molar-refractivity contribution in [2.75, 3.05) is 17.2 Å². The van der Waals surface area contributed by atoms with Crippen molar-refractivity contribution in [1.82, 2.24) is 9.71 Å². The zero-order chi connectivity index (χ0) is 23.5. The summed E-state index contributed by atoms with van der Waals surface area (Å²) < 4.78 is 28.2.